The first-order valence-corrected chi connectivity index (χ1v) is 10.5. The van der Waals surface area contributed by atoms with E-state index in [1.807, 2.05) is 18.2 Å². The van der Waals surface area contributed by atoms with E-state index < -0.39 is 23.3 Å². The van der Waals surface area contributed by atoms with Gasteiger partial charge in [-0.05, 0) is 48.0 Å². The van der Waals surface area contributed by atoms with Crippen molar-refractivity contribution in [3.63, 3.8) is 0 Å². The number of ether oxygens (including phenoxy) is 3. The van der Waals surface area contributed by atoms with Gasteiger partial charge < -0.3 is 31.0 Å². The monoisotopic (exact) mass is 458 g/mol. The highest BCUT2D eigenvalue weighted by molar-refractivity contribution is 6.08. The first kappa shape index (κ1) is 21.3. The summed E-state index contributed by atoms with van der Waals surface area (Å²) in [5.74, 6) is 0.484. The second-order valence-electron chi connectivity index (χ2n) is 8.01. The van der Waals surface area contributed by atoms with Crippen LogP contribution in [0.2, 0.25) is 0 Å². The summed E-state index contributed by atoms with van der Waals surface area (Å²) in [5, 5.41) is 3.42. The number of primary amides is 2. The minimum atomic E-state index is -1.42. The van der Waals surface area contributed by atoms with Gasteiger partial charge in [0.1, 0.15) is 11.2 Å². The third-order valence-electron chi connectivity index (χ3n) is 6.12. The molecule has 0 saturated heterocycles. The van der Waals surface area contributed by atoms with Gasteiger partial charge >= 0.3 is 0 Å². The number of hydrogen-bond acceptors (Lipinski definition) is 7. The molecule has 34 heavy (non-hydrogen) atoms. The Balaban J connectivity index is 1.72. The Kier molecular flexibility index (Phi) is 5.09. The Morgan fingerprint density at radius 3 is 2.65 bits per heavy atom. The molecule has 2 unspecified atom stereocenters. The minimum Gasteiger partial charge on any atom is -0.497 e. The van der Waals surface area contributed by atoms with Crippen LogP contribution in [0.4, 0.5) is 11.4 Å². The van der Waals surface area contributed by atoms with Gasteiger partial charge in [0.05, 0.1) is 18.8 Å². The maximum absolute atomic E-state index is 13.2. The van der Waals surface area contributed by atoms with Crippen molar-refractivity contribution in [1.82, 2.24) is 0 Å². The van der Waals surface area contributed by atoms with Crippen molar-refractivity contribution in [3.05, 3.63) is 77.4 Å². The van der Waals surface area contributed by atoms with Crippen LogP contribution < -0.4 is 31.0 Å². The molecule has 3 aromatic rings. The molecule has 0 fully saturated rings. The minimum absolute atomic E-state index is 0.0900. The van der Waals surface area contributed by atoms with E-state index in [0.717, 1.165) is 0 Å². The van der Waals surface area contributed by atoms with Crippen LogP contribution in [-0.4, -0.2) is 31.9 Å². The summed E-state index contributed by atoms with van der Waals surface area (Å²) in [5.41, 5.74) is 12.9. The Bertz CT molecular complexity index is 1340. The molecule has 2 heterocycles. The number of nitrogens with one attached hydrogen (secondary N) is 1. The number of carbonyl (C=O) groups excluding carboxylic acids is 2. The Hall–Kier alpha value is -4.53. The van der Waals surface area contributed by atoms with Gasteiger partial charge in [-0.3, -0.25) is 14.6 Å². The summed E-state index contributed by atoms with van der Waals surface area (Å²) < 4.78 is 16.3. The number of anilines is 1. The first-order valence-electron chi connectivity index (χ1n) is 10.5. The van der Waals surface area contributed by atoms with Gasteiger partial charge in [-0.25, -0.2) is 0 Å². The molecular weight excluding hydrogens is 436 g/mol. The first-order chi connectivity index (χ1) is 16.4. The predicted octanol–water partition coefficient (Wildman–Crippen LogP) is 2.82. The molecule has 2 aliphatic heterocycles. The number of methoxy groups -OCH3 is 1. The van der Waals surface area contributed by atoms with Crippen molar-refractivity contribution in [2.45, 2.75) is 11.5 Å². The molecule has 3 aromatic carbocycles. The number of nitrogens with two attached hydrogens (primary N) is 2. The van der Waals surface area contributed by atoms with E-state index in [2.05, 4.69) is 10.3 Å². The van der Waals surface area contributed by atoms with Crippen molar-refractivity contribution >= 4 is 29.4 Å². The van der Waals surface area contributed by atoms with Gasteiger partial charge in [0.15, 0.2) is 11.5 Å². The van der Waals surface area contributed by atoms with Crippen molar-refractivity contribution in [3.8, 4) is 17.2 Å². The zero-order chi connectivity index (χ0) is 23.9. The third kappa shape index (κ3) is 3.38. The summed E-state index contributed by atoms with van der Waals surface area (Å²) in [7, 11) is 1.57. The second-order valence-corrected chi connectivity index (χ2v) is 8.01. The lowest BCUT2D eigenvalue weighted by atomic mass is 9.69. The van der Waals surface area contributed by atoms with E-state index in [9.17, 15) is 9.59 Å². The molecule has 9 nitrogen and oxygen atoms in total. The molecule has 0 bridgehead atoms. The summed E-state index contributed by atoms with van der Waals surface area (Å²) in [6.45, 7) is 0.0900. The zero-order valence-electron chi connectivity index (χ0n) is 18.3. The lowest BCUT2D eigenvalue weighted by molar-refractivity contribution is -0.121. The molecule has 2 aliphatic rings. The standard InChI is InChI=1S/C25H22N4O5/c1-32-17-4-2-3-16(11-17)29-22-18-9-14(23(26)30)5-7-19(18)28-12-25(22,24(27)31)15-6-8-20-21(10-15)34-13-33-20/h2-12,22,29H,13H2,1H3,(H2,26,30)(H2,27,31). The van der Waals surface area contributed by atoms with Crippen LogP contribution in [0.5, 0.6) is 17.2 Å². The van der Waals surface area contributed by atoms with Gasteiger partial charge in [-0.2, -0.15) is 0 Å². The van der Waals surface area contributed by atoms with Crippen molar-refractivity contribution < 1.29 is 23.8 Å². The predicted molar refractivity (Wildman–Crippen MR) is 126 cm³/mol. The molecule has 0 aromatic heterocycles. The number of benzene rings is 3. The molecule has 0 saturated carbocycles. The molecule has 5 rings (SSSR count). The second kappa shape index (κ2) is 8.11. The lowest BCUT2D eigenvalue weighted by Crippen LogP contribution is -2.51. The summed E-state index contributed by atoms with van der Waals surface area (Å²) in [6, 6.07) is 16.7. The molecule has 2 atom stereocenters. The molecular formula is C25H22N4O5. The van der Waals surface area contributed by atoms with Crippen LogP contribution in [-0.2, 0) is 10.2 Å². The fraction of sp³-hybridized carbons (Fsp3) is 0.160. The van der Waals surface area contributed by atoms with Gasteiger partial charge in [0, 0.05) is 29.1 Å². The fourth-order valence-corrected chi connectivity index (χ4v) is 4.36. The summed E-state index contributed by atoms with van der Waals surface area (Å²) in [4.78, 5) is 29.7. The van der Waals surface area contributed by atoms with Gasteiger partial charge in [-0.15, -0.1) is 0 Å². The Labute approximate surface area is 195 Å². The normalized spacial score (nSPS) is 19.9. The topological polar surface area (TPSA) is 138 Å². The molecule has 0 aliphatic carbocycles. The quantitative estimate of drug-likeness (QED) is 0.519. The number of fused-ring (bicyclic) bond motifs is 2. The summed E-state index contributed by atoms with van der Waals surface area (Å²) >= 11 is 0. The third-order valence-corrected chi connectivity index (χ3v) is 6.12. The fourth-order valence-electron chi connectivity index (χ4n) is 4.36. The van der Waals surface area contributed by atoms with Gasteiger partial charge in [-0.1, -0.05) is 12.1 Å². The van der Waals surface area contributed by atoms with Crippen LogP contribution in [0.3, 0.4) is 0 Å². The number of nitrogens with zero attached hydrogens (tertiary/aromatic N) is 1. The smallest absolute Gasteiger partial charge is 0.248 e. The summed E-state index contributed by atoms with van der Waals surface area (Å²) in [6.07, 6.45) is 1.54. The molecule has 2 amide bonds. The number of rotatable bonds is 6. The maximum atomic E-state index is 13.2. The Morgan fingerprint density at radius 2 is 1.88 bits per heavy atom. The SMILES string of the molecule is COc1cccc(NC2c3cc(C(N)=O)ccc3N=CC2(C(N)=O)c2ccc3c(c2)OCO3)c1. The van der Waals surface area contributed by atoms with Crippen LogP contribution in [0.25, 0.3) is 0 Å². The largest absolute Gasteiger partial charge is 0.497 e. The molecule has 0 spiro atoms. The average Bonchev–Trinajstić information content (AvgIpc) is 3.32. The van der Waals surface area contributed by atoms with Crippen LogP contribution >= 0.6 is 0 Å². The number of aliphatic imine (C=N–C) groups is 1. The van der Waals surface area contributed by atoms with E-state index in [-0.39, 0.29) is 12.4 Å². The molecule has 0 radical (unpaired) electrons. The van der Waals surface area contributed by atoms with E-state index in [1.165, 1.54) is 6.21 Å². The van der Waals surface area contributed by atoms with Crippen LogP contribution in [0, 0.1) is 0 Å². The van der Waals surface area contributed by atoms with Crippen molar-refractivity contribution in [2.75, 3.05) is 19.2 Å². The molecule has 172 valence electrons. The molecule has 5 N–H and O–H groups in total. The highest BCUT2D eigenvalue weighted by Gasteiger charge is 2.49. The van der Waals surface area contributed by atoms with Gasteiger partial charge in [0.2, 0.25) is 18.6 Å². The number of carbonyl (C=O) groups is 2. The highest BCUT2D eigenvalue weighted by atomic mass is 16.7. The lowest BCUT2D eigenvalue weighted by Gasteiger charge is -2.40. The van der Waals surface area contributed by atoms with Crippen molar-refractivity contribution in [1.29, 1.82) is 0 Å². The Morgan fingerprint density at radius 1 is 1.06 bits per heavy atom. The van der Waals surface area contributed by atoms with Crippen LogP contribution in [0.15, 0.2) is 65.7 Å². The maximum Gasteiger partial charge on any atom is 0.248 e. The highest BCUT2D eigenvalue weighted by Crippen LogP contribution is 2.48. The van der Waals surface area contributed by atoms with E-state index in [0.29, 0.717) is 39.8 Å². The van der Waals surface area contributed by atoms with E-state index >= 15 is 0 Å². The average molecular weight is 458 g/mol. The molecule has 9 heteroatoms. The van der Waals surface area contributed by atoms with Crippen LogP contribution in [0.1, 0.15) is 27.5 Å². The van der Waals surface area contributed by atoms with E-state index in [1.54, 1.807) is 49.6 Å². The van der Waals surface area contributed by atoms with E-state index in [4.69, 9.17) is 25.7 Å². The van der Waals surface area contributed by atoms with Gasteiger partial charge in [0.25, 0.3) is 0 Å². The number of amides is 2. The van der Waals surface area contributed by atoms with Crippen molar-refractivity contribution in [2.24, 2.45) is 16.5 Å². The zero-order valence-corrected chi connectivity index (χ0v) is 18.3. The number of hydrogen-bond donors (Lipinski definition) is 3.